The molecule has 0 aliphatic rings. The maximum atomic E-state index is 11.5. The Labute approximate surface area is 99.2 Å². The molecule has 0 bridgehead atoms. The van der Waals surface area contributed by atoms with Gasteiger partial charge >= 0.3 is 0 Å². The van der Waals surface area contributed by atoms with Gasteiger partial charge in [0.15, 0.2) is 0 Å². The van der Waals surface area contributed by atoms with Crippen LogP contribution in [0.1, 0.15) is 12.5 Å². The Kier molecular flexibility index (Phi) is 2.68. The molecule has 0 spiro atoms. The second-order valence-corrected chi connectivity index (χ2v) is 4.21. The highest BCUT2D eigenvalue weighted by molar-refractivity contribution is 6.05. The van der Waals surface area contributed by atoms with E-state index in [0.29, 0.717) is 11.8 Å². The quantitative estimate of drug-likeness (QED) is 0.641. The molecule has 1 atom stereocenters. The maximum Gasteiger partial charge on any atom is 0.235 e. The molecule has 1 unspecified atom stereocenters. The largest absolute Gasteiger partial charge is 0.369 e. The first kappa shape index (κ1) is 11.3. The van der Waals surface area contributed by atoms with Crippen molar-refractivity contribution in [2.45, 2.75) is 12.3 Å². The molecule has 17 heavy (non-hydrogen) atoms. The van der Waals surface area contributed by atoms with Crippen LogP contribution in [0, 0.1) is 0 Å². The number of hydrogen-bond donors (Lipinski definition) is 1. The van der Waals surface area contributed by atoms with Crippen LogP contribution in [0.2, 0.25) is 0 Å². The molecule has 2 aromatic carbocycles. The van der Waals surface area contributed by atoms with E-state index in [1.54, 1.807) is 13.0 Å². The van der Waals surface area contributed by atoms with Gasteiger partial charge in [0.1, 0.15) is 11.7 Å². The van der Waals surface area contributed by atoms with Gasteiger partial charge in [-0.05, 0) is 23.3 Å². The number of nitrogens with two attached hydrogens (primary N) is 1. The van der Waals surface area contributed by atoms with E-state index >= 15 is 0 Å². The first-order chi connectivity index (χ1) is 8.09. The summed E-state index contributed by atoms with van der Waals surface area (Å²) in [5.41, 5.74) is 4.71. The Morgan fingerprint density at radius 2 is 1.82 bits per heavy atom. The third-order valence-corrected chi connectivity index (χ3v) is 3.10. The van der Waals surface area contributed by atoms with E-state index in [4.69, 9.17) is 5.73 Å². The van der Waals surface area contributed by atoms with Crippen LogP contribution in [0.25, 0.3) is 10.8 Å². The lowest BCUT2D eigenvalue weighted by Crippen LogP contribution is -2.40. The molecule has 0 aromatic heterocycles. The van der Waals surface area contributed by atoms with Gasteiger partial charge in [-0.1, -0.05) is 42.5 Å². The highest BCUT2D eigenvalue weighted by Gasteiger charge is 2.34. The van der Waals surface area contributed by atoms with Gasteiger partial charge in [-0.2, -0.15) is 0 Å². The summed E-state index contributed by atoms with van der Waals surface area (Å²) in [5, 5.41) is 1.86. The maximum absolute atomic E-state index is 11.5. The monoisotopic (exact) mass is 227 g/mol. The zero-order valence-corrected chi connectivity index (χ0v) is 9.51. The SMILES string of the molecule is CC(C=O)(C(N)=O)c1cccc2ccccc12. The molecule has 0 saturated heterocycles. The van der Waals surface area contributed by atoms with Gasteiger partial charge in [0, 0.05) is 0 Å². The van der Waals surface area contributed by atoms with Crippen molar-refractivity contribution < 1.29 is 9.59 Å². The summed E-state index contributed by atoms with van der Waals surface area (Å²) in [6.45, 7) is 1.55. The van der Waals surface area contributed by atoms with Gasteiger partial charge < -0.3 is 10.5 Å². The van der Waals surface area contributed by atoms with Crippen LogP contribution < -0.4 is 5.73 Å². The minimum absolute atomic E-state index is 0.608. The Bertz CT molecular complexity index is 586. The minimum Gasteiger partial charge on any atom is -0.369 e. The number of amides is 1. The van der Waals surface area contributed by atoms with Crippen LogP contribution >= 0.6 is 0 Å². The number of carbonyl (C=O) groups is 2. The predicted molar refractivity (Wildman–Crippen MR) is 66.6 cm³/mol. The lowest BCUT2D eigenvalue weighted by molar-refractivity contribution is -0.128. The molecule has 3 heteroatoms. The standard InChI is InChI=1S/C14H13NO2/c1-14(9-16,13(15)17)12-8-4-6-10-5-2-3-7-11(10)12/h2-9H,1H3,(H2,15,17). The van der Waals surface area contributed by atoms with Gasteiger partial charge in [-0.15, -0.1) is 0 Å². The van der Waals surface area contributed by atoms with E-state index in [2.05, 4.69) is 0 Å². The molecule has 0 saturated carbocycles. The number of rotatable bonds is 3. The molecule has 3 nitrogen and oxygen atoms in total. The van der Waals surface area contributed by atoms with Gasteiger partial charge in [-0.3, -0.25) is 4.79 Å². The van der Waals surface area contributed by atoms with E-state index in [-0.39, 0.29) is 0 Å². The van der Waals surface area contributed by atoms with Gasteiger partial charge in [0.25, 0.3) is 0 Å². The smallest absolute Gasteiger partial charge is 0.235 e. The van der Waals surface area contributed by atoms with Gasteiger partial charge in [0.2, 0.25) is 5.91 Å². The van der Waals surface area contributed by atoms with E-state index in [1.807, 2.05) is 36.4 Å². The number of hydrogen-bond acceptors (Lipinski definition) is 2. The minimum atomic E-state index is -1.28. The number of aldehydes is 1. The Morgan fingerprint density at radius 1 is 1.18 bits per heavy atom. The van der Waals surface area contributed by atoms with Crippen LogP contribution in [0.5, 0.6) is 0 Å². The Morgan fingerprint density at radius 3 is 2.47 bits per heavy atom. The van der Waals surface area contributed by atoms with Crippen LogP contribution in [0.3, 0.4) is 0 Å². The van der Waals surface area contributed by atoms with Crippen molar-refractivity contribution in [3.63, 3.8) is 0 Å². The topological polar surface area (TPSA) is 60.2 Å². The summed E-state index contributed by atoms with van der Waals surface area (Å²) in [4.78, 5) is 22.7. The van der Waals surface area contributed by atoms with Crippen molar-refractivity contribution >= 4 is 23.0 Å². The van der Waals surface area contributed by atoms with Crippen molar-refractivity contribution in [2.75, 3.05) is 0 Å². The molecule has 2 rings (SSSR count). The highest BCUT2D eigenvalue weighted by Crippen LogP contribution is 2.28. The normalized spacial score (nSPS) is 14.2. The van der Waals surface area contributed by atoms with E-state index in [1.165, 1.54) is 0 Å². The molecular weight excluding hydrogens is 214 g/mol. The first-order valence-corrected chi connectivity index (χ1v) is 5.34. The zero-order valence-electron chi connectivity index (χ0n) is 9.51. The van der Waals surface area contributed by atoms with Crippen molar-refractivity contribution in [1.29, 1.82) is 0 Å². The summed E-state index contributed by atoms with van der Waals surface area (Å²) in [5.74, 6) is -0.635. The zero-order chi connectivity index (χ0) is 12.5. The van der Waals surface area contributed by atoms with E-state index < -0.39 is 11.3 Å². The molecule has 86 valence electrons. The van der Waals surface area contributed by atoms with Crippen molar-refractivity contribution in [3.8, 4) is 0 Å². The predicted octanol–water partition coefficient (Wildman–Crippen LogP) is 1.78. The Hall–Kier alpha value is -2.16. The molecule has 0 aliphatic carbocycles. The van der Waals surface area contributed by atoms with Gasteiger partial charge in [-0.25, -0.2) is 0 Å². The van der Waals surface area contributed by atoms with Crippen molar-refractivity contribution in [2.24, 2.45) is 5.73 Å². The summed E-state index contributed by atoms with van der Waals surface area (Å²) in [6.07, 6.45) is 0.608. The fourth-order valence-corrected chi connectivity index (χ4v) is 1.93. The molecule has 1 amide bonds. The molecule has 0 fully saturated rings. The third kappa shape index (κ3) is 1.69. The van der Waals surface area contributed by atoms with Crippen LogP contribution in [0.4, 0.5) is 0 Å². The fourth-order valence-electron chi connectivity index (χ4n) is 1.93. The van der Waals surface area contributed by atoms with E-state index in [0.717, 1.165) is 10.8 Å². The fraction of sp³-hybridized carbons (Fsp3) is 0.143. The van der Waals surface area contributed by atoms with Crippen molar-refractivity contribution in [1.82, 2.24) is 0 Å². The molecule has 2 aromatic rings. The average molecular weight is 227 g/mol. The Balaban J connectivity index is 2.79. The second kappa shape index (κ2) is 4.01. The average Bonchev–Trinajstić information content (AvgIpc) is 2.37. The number of benzene rings is 2. The summed E-state index contributed by atoms with van der Waals surface area (Å²) >= 11 is 0. The lowest BCUT2D eigenvalue weighted by Gasteiger charge is -2.21. The third-order valence-electron chi connectivity index (χ3n) is 3.10. The summed E-state index contributed by atoms with van der Waals surface area (Å²) < 4.78 is 0. The first-order valence-electron chi connectivity index (χ1n) is 5.34. The molecular formula is C14H13NO2. The molecule has 0 heterocycles. The number of primary amides is 1. The van der Waals surface area contributed by atoms with Crippen LogP contribution in [-0.4, -0.2) is 12.2 Å². The number of fused-ring (bicyclic) bond motifs is 1. The lowest BCUT2D eigenvalue weighted by atomic mass is 9.80. The molecule has 2 N–H and O–H groups in total. The van der Waals surface area contributed by atoms with Gasteiger partial charge in [0.05, 0.1) is 0 Å². The second-order valence-electron chi connectivity index (χ2n) is 4.21. The summed E-state index contributed by atoms with van der Waals surface area (Å²) in [6, 6.07) is 13.1. The van der Waals surface area contributed by atoms with Crippen molar-refractivity contribution in [3.05, 3.63) is 48.0 Å². The highest BCUT2D eigenvalue weighted by atomic mass is 16.2. The van der Waals surface area contributed by atoms with Crippen LogP contribution in [-0.2, 0) is 15.0 Å². The molecule has 0 radical (unpaired) electrons. The van der Waals surface area contributed by atoms with E-state index in [9.17, 15) is 9.59 Å². The summed E-state index contributed by atoms with van der Waals surface area (Å²) in [7, 11) is 0. The number of carbonyl (C=O) groups excluding carboxylic acids is 2. The molecule has 0 aliphatic heterocycles. The van der Waals surface area contributed by atoms with Crippen LogP contribution in [0.15, 0.2) is 42.5 Å².